The lowest BCUT2D eigenvalue weighted by Crippen LogP contribution is -2.48. The second kappa shape index (κ2) is 12.6. The van der Waals surface area contributed by atoms with Gasteiger partial charge in [0.2, 0.25) is 5.91 Å². The summed E-state index contributed by atoms with van der Waals surface area (Å²) in [4.78, 5) is 23.5. The Kier molecular flexibility index (Phi) is 10.5. The zero-order valence-electron chi connectivity index (χ0n) is 19.3. The maximum absolute atomic E-state index is 12.4. The molecule has 1 aromatic rings. The molecule has 0 aliphatic carbocycles. The average Bonchev–Trinajstić information content (AvgIpc) is 3.38. The Morgan fingerprint density at radius 2 is 2.19 bits per heavy atom. The van der Waals surface area contributed by atoms with Crippen molar-refractivity contribution < 1.29 is 9.53 Å². The van der Waals surface area contributed by atoms with Crippen LogP contribution in [0, 0.1) is 0 Å². The van der Waals surface area contributed by atoms with Crippen LogP contribution in [0.25, 0.3) is 0 Å². The Balaban J connectivity index is 0.00000341. The number of carbonyl (C=O) groups is 1. The van der Waals surface area contributed by atoms with Crippen LogP contribution in [0.2, 0.25) is 0 Å². The van der Waals surface area contributed by atoms with E-state index in [2.05, 4.69) is 27.1 Å². The summed E-state index contributed by atoms with van der Waals surface area (Å²) in [5, 5.41) is 7.69. The van der Waals surface area contributed by atoms with E-state index in [-0.39, 0.29) is 42.0 Å². The van der Waals surface area contributed by atoms with Crippen LogP contribution in [0.15, 0.2) is 17.4 Å². The lowest BCUT2D eigenvalue weighted by atomic mass is 10.1. The third-order valence-electron chi connectivity index (χ3n) is 5.75. The summed E-state index contributed by atoms with van der Waals surface area (Å²) in [5.74, 6) is 1.16. The van der Waals surface area contributed by atoms with Crippen LogP contribution in [-0.2, 0) is 16.6 Å². The molecule has 2 atom stereocenters. The largest absolute Gasteiger partial charge is 0.370 e. The fourth-order valence-electron chi connectivity index (χ4n) is 4.21. The summed E-state index contributed by atoms with van der Waals surface area (Å²) < 4.78 is 7.77. The summed E-state index contributed by atoms with van der Waals surface area (Å²) in [5.41, 5.74) is 1.10. The van der Waals surface area contributed by atoms with E-state index in [9.17, 15) is 4.79 Å². The highest BCUT2D eigenvalue weighted by Gasteiger charge is 2.31. The molecular formula is C21H38IN7O2. The highest BCUT2D eigenvalue weighted by Crippen LogP contribution is 2.22. The fourth-order valence-corrected chi connectivity index (χ4v) is 4.21. The van der Waals surface area contributed by atoms with Gasteiger partial charge in [0.05, 0.1) is 25.4 Å². The number of hydrogen-bond donors (Lipinski definition) is 1. The zero-order chi connectivity index (χ0) is 21.5. The van der Waals surface area contributed by atoms with Crippen molar-refractivity contribution in [3.63, 3.8) is 0 Å². The molecule has 9 nitrogen and oxygen atoms in total. The Hall–Kier alpha value is -1.40. The smallest absolute Gasteiger partial charge is 0.239 e. The Morgan fingerprint density at radius 1 is 1.39 bits per heavy atom. The summed E-state index contributed by atoms with van der Waals surface area (Å²) in [7, 11) is 5.60. The van der Waals surface area contributed by atoms with Crippen LogP contribution >= 0.6 is 24.0 Å². The Morgan fingerprint density at radius 3 is 2.87 bits per heavy atom. The molecule has 1 aromatic heterocycles. The van der Waals surface area contributed by atoms with E-state index in [1.54, 1.807) is 4.90 Å². The molecule has 2 unspecified atom stereocenters. The summed E-state index contributed by atoms with van der Waals surface area (Å²) in [6.45, 7) is 7.86. The number of nitrogens with one attached hydrogen (secondary N) is 1. The molecule has 0 saturated carbocycles. The predicted molar refractivity (Wildman–Crippen MR) is 133 cm³/mol. The van der Waals surface area contributed by atoms with Crippen molar-refractivity contribution in [2.75, 3.05) is 60.0 Å². The number of carbonyl (C=O) groups excluding carboxylic acids is 1. The van der Waals surface area contributed by atoms with E-state index in [0.717, 1.165) is 70.1 Å². The van der Waals surface area contributed by atoms with Gasteiger partial charge in [0.25, 0.3) is 0 Å². The van der Waals surface area contributed by atoms with Crippen LogP contribution in [0.3, 0.4) is 0 Å². The normalized spacial score (nSPS) is 22.3. The van der Waals surface area contributed by atoms with Crippen molar-refractivity contribution in [3.05, 3.63) is 18.0 Å². The molecule has 1 N–H and O–H groups in total. The molecule has 3 rings (SSSR count). The number of halogens is 1. The lowest BCUT2D eigenvalue weighted by molar-refractivity contribution is -0.133. The fraction of sp³-hybridized carbons (Fsp3) is 0.762. The van der Waals surface area contributed by atoms with E-state index in [1.165, 1.54) is 0 Å². The number of aromatic nitrogens is 2. The summed E-state index contributed by atoms with van der Waals surface area (Å²) >= 11 is 0. The molecule has 10 heteroatoms. The van der Waals surface area contributed by atoms with Gasteiger partial charge in [-0.3, -0.25) is 19.4 Å². The monoisotopic (exact) mass is 547 g/mol. The average molecular weight is 547 g/mol. The maximum atomic E-state index is 12.4. The lowest BCUT2D eigenvalue weighted by Gasteiger charge is -2.34. The third-order valence-corrected chi connectivity index (χ3v) is 5.75. The van der Waals surface area contributed by atoms with Crippen LogP contribution in [0.4, 0.5) is 0 Å². The number of hydrogen-bond acceptors (Lipinski definition) is 5. The number of aliphatic imine (C=N–C) groups is 1. The zero-order valence-corrected chi connectivity index (χ0v) is 21.6. The highest BCUT2D eigenvalue weighted by atomic mass is 127. The number of morpholine rings is 1. The van der Waals surface area contributed by atoms with E-state index >= 15 is 0 Å². The molecule has 0 aromatic carbocycles. The van der Waals surface area contributed by atoms with Crippen molar-refractivity contribution in [2.45, 2.75) is 38.3 Å². The number of rotatable bonds is 7. The van der Waals surface area contributed by atoms with Gasteiger partial charge in [-0.15, -0.1) is 24.0 Å². The summed E-state index contributed by atoms with van der Waals surface area (Å²) in [6.07, 6.45) is 6.91. The minimum Gasteiger partial charge on any atom is -0.370 e. The molecule has 2 aliphatic rings. The first-order valence-electron chi connectivity index (χ1n) is 11.1. The van der Waals surface area contributed by atoms with E-state index in [4.69, 9.17) is 9.73 Å². The molecule has 31 heavy (non-hydrogen) atoms. The SMILES string of the molecule is CCNC(=NCCCN1CCCC1C(=O)N(C)C)N1CCOC(c2cnn(C)c2)C1.I. The molecule has 0 bridgehead atoms. The van der Waals surface area contributed by atoms with Crippen molar-refractivity contribution in [2.24, 2.45) is 12.0 Å². The molecule has 176 valence electrons. The Labute approximate surface area is 203 Å². The maximum Gasteiger partial charge on any atom is 0.239 e. The number of likely N-dealkylation sites (tertiary alicyclic amines) is 1. The van der Waals surface area contributed by atoms with Gasteiger partial charge in [-0.25, -0.2) is 0 Å². The van der Waals surface area contributed by atoms with E-state index < -0.39 is 0 Å². The molecule has 2 saturated heterocycles. The van der Waals surface area contributed by atoms with Gasteiger partial charge in [-0.2, -0.15) is 5.10 Å². The van der Waals surface area contributed by atoms with Crippen molar-refractivity contribution in [1.82, 2.24) is 29.8 Å². The highest BCUT2D eigenvalue weighted by molar-refractivity contribution is 14.0. The van der Waals surface area contributed by atoms with Gasteiger partial charge in [-0.05, 0) is 32.7 Å². The van der Waals surface area contributed by atoms with Gasteiger partial charge >= 0.3 is 0 Å². The third kappa shape index (κ3) is 7.04. The van der Waals surface area contributed by atoms with Gasteiger partial charge in [0.15, 0.2) is 5.96 Å². The van der Waals surface area contributed by atoms with Crippen LogP contribution < -0.4 is 5.32 Å². The van der Waals surface area contributed by atoms with Crippen molar-refractivity contribution >= 4 is 35.8 Å². The number of likely N-dealkylation sites (N-methyl/N-ethyl adjacent to an activating group) is 1. The van der Waals surface area contributed by atoms with Gasteiger partial charge in [0, 0.05) is 59.1 Å². The van der Waals surface area contributed by atoms with Gasteiger partial charge in [-0.1, -0.05) is 0 Å². The quantitative estimate of drug-likeness (QED) is 0.240. The van der Waals surface area contributed by atoms with E-state index in [0.29, 0.717) is 6.61 Å². The number of guanidine groups is 1. The Bertz CT molecular complexity index is 724. The second-order valence-corrected chi connectivity index (χ2v) is 8.27. The minimum atomic E-state index is 0. The van der Waals surface area contributed by atoms with Crippen LogP contribution in [0.5, 0.6) is 0 Å². The predicted octanol–water partition coefficient (Wildman–Crippen LogP) is 1.32. The van der Waals surface area contributed by atoms with Gasteiger partial charge < -0.3 is 19.9 Å². The second-order valence-electron chi connectivity index (χ2n) is 8.27. The molecular weight excluding hydrogens is 509 g/mol. The summed E-state index contributed by atoms with van der Waals surface area (Å²) in [6, 6.07) is 0.0386. The van der Waals surface area contributed by atoms with E-state index in [1.807, 2.05) is 38.2 Å². The molecule has 0 spiro atoms. The molecule has 2 aliphatic heterocycles. The number of ether oxygens (including phenoxy) is 1. The topological polar surface area (TPSA) is 78.2 Å². The first-order valence-corrected chi connectivity index (χ1v) is 11.1. The van der Waals surface area contributed by atoms with Gasteiger partial charge in [0.1, 0.15) is 6.10 Å². The molecule has 0 radical (unpaired) electrons. The van der Waals surface area contributed by atoms with Crippen LogP contribution in [-0.4, -0.2) is 102 Å². The first-order chi connectivity index (χ1) is 14.5. The number of nitrogens with zero attached hydrogens (tertiary/aromatic N) is 6. The first kappa shape index (κ1) is 25.9. The minimum absolute atomic E-state index is 0. The number of amides is 1. The van der Waals surface area contributed by atoms with Crippen LogP contribution in [0.1, 0.15) is 37.9 Å². The van der Waals surface area contributed by atoms with Crippen molar-refractivity contribution in [1.29, 1.82) is 0 Å². The number of aryl methyl sites for hydroxylation is 1. The standard InChI is InChI=1S/C21H37N7O2.HI/c1-5-22-21(28-12-13-30-19(16-28)17-14-24-26(4)15-17)23-9-7-11-27-10-6-8-18(27)20(29)25(2)3;/h14-15,18-19H,5-13,16H2,1-4H3,(H,22,23);1H. The molecule has 3 heterocycles. The molecule has 2 fully saturated rings. The molecule has 1 amide bonds. The van der Waals surface area contributed by atoms with Crippen molar-refractivity contribution in [3.8, 4) is 0 Å².